The lowest BCUT2D eigenvalue weighted by molar-refractivity contribution is 0.220. The maximum atomic E-state index is 11.6. The van der Waals surface area contributed by atoms with Crippen LogP contribution in [0.1, 0.15) is 64.5 Å². The maximum absolute atomic E-state index is 11.6. The Labute approximate surface area is 178 Å². The lowest BCUT2D eigenvalue weighted by Crippen LogP contribution is -2.38. The fourth-order valence-electron chi connectivity index (χ4n) is 5.14. The van der Waals surface area contributed by atoms with E-state index in [0.29, 0.717) is 5.92 Å². The second kappa shape index (κ2) is 10.4. The standard InChI is InChI=1S/C27H38OSi/c1-4-29(5-2,6-3)26(21-22-13-9-7-10-14-22)27(28)25-19-17-24(18-20-25)23-15-11-8-12-16-23/h8,11-12,15-22,27-28H,4-7,9-10,13-14H2,1-3H3/b26-21-. The molecular weight excluding hydrogens is 368 g/mol. The van der Waals surface area contributed by atoms with E-state index in [4.69, 9.17) is 0 Å². The third-order valence-electron chi connectivity index (χ3n) is 7.34. The molecule has 29 heavy (non-hydrogen) atoms. The summed E-state index contributed by atoms with van der Waals surface area (Å²) in [5, 5.41) is 13.0. The van der Waals surface area contributed by atoms with Gasteiger partial charge >= 0.3 is 0 Å². The molecule has 0 aromatic heterocycles. The Kier molecular flexibility index (Phi) is 7.91. The molecular formula is C27H38OSi. The number of aliphatic hydroxyl groups is 1. The SMILES string of the molecule is CC[Si](CC)(CC)/C(=C\C1CCCCC1)C(O)c1ccc(-c2ccccc2)cc1. The minimum absolute atomic E-state index is 0.451. The number of aliphatic hydroxyl groups excluding tert-OH is 1. The van der Waals surface area contributed by atoms with Crippen LogP contribution in [0.3, 0.4) is 0 Å². The molecule has 0 saturated heterocycles. The Morgan fingerprint density at radius 3 is 1.97 bits per heavy atom. The predicted octanol–water partition coefficient (Wildman–Crippen LogP) is 7.94. The molecule has 1 fully saturated rings. The van der Waals surface area contributed by atoms with E-state index >= 15 is 0 Å². The smallest absolute Gasteiger partial charge is 0.0966 e. The molecule has 1 aliphatic rings. The Morgan fingerprint density at radius 1 is 0.862 bits per heavy atom. The van der Waals surface area contributed by atoms with Crippen LogP contribution in [0, 0.1) is 5.92 Å². The Balaban J connectivity index is 1.93. The fourth-order valence-corrected chi connectivity index (χ4v) is 9.20. The summed E-state index contributed by atoms with van der Waals surface area (Å²) in [4.78, 5) is 0. The van der Waals surface area contributed by atoms with Gasteiger partial charge in [-0.2, -0.15) is 0 Å². The van der Waals surface area contributed by atoms with Gasteiger partial charge in [-0.25, -0.2) is 0 Å². The molecule has 0 radical (unpaired) electrons. The first kappa shape index (κ1) is 22.1. The molecule has 1 aliphatic carbocycles. The molecule has 1 nitrogen and oxygen atoms in total. The zero-order valence-electron chi connectivity index (χ0n) is 18.5. The summed E-state index contributed by atoms with van der Waals surface area (Å²) in [6.07, 6.45) is 8.74. The van der Waals surface area contributed by atoms with Crippen LogP contribution < -0.4 is 0 Å². The third kappa shape index (κ3) is 5.10. The minimum atomic E-state index is -1.64. The molecule has 3 rings (SSSR count). The van der Waals surface area contributed by atoms with Gasteiger partial charge in [-0.1, -0.05) is 124 Å². The molecule has 0 bridgehead atoms. The largest absolute Gasteiger partial charge is 0.384 e. The molecule has 1 saturated carbocycles. The van der Waals surface area contributed by atoms with Crippen molar-refractivity contribution in [2.24, 2.45) is 5.92 Å². The third-order valence-corrected chi connectivity index (χ3v) is 13.1. The maximum Gasteiger partial charge on any atom is 0.0966 e. The second-order valence-electron chi connectivity index (χ2n) is 8.75. The van der Waals surface area contributed by atoms with Crippen molar-refractivity contribution in [1.82, 2.24) is 0 Å². The second-order valence-corrected chi connectivity index (χ2v) is 14.0. The zero-order chi connectivity index (χ0) is 20.7. The van der Waals surface area contributed by atoms with Gasteiger partial charge in [0.15, 0.2) is 0 Å². The van der Waals surface area contributed by atoms with Gasteiger partial charge in [0, 0.05) is 0 Å². The van der Waals surface area contributed by atoms with Gasteiger partial charge in [0.2, 0.25) is 0 Å². The average Bonchev–Trinajstić information content (AvgIpc) is 2.81. The van der Waals surface area contributed by atoms with Crippen molar-refractivity contribution < 1.29 is 5.11 Å². The normalized spacial score (nSPS) is 17.3. The lowest BCUT2D eigenvalue weighted by atomic mass is 9.88. The van der Waals surface area contributed by atoms with Gasteiger partial charge in [-0.3, -0.25) is 0 Å². The molecule has 0 spiro atoms. The zero-order valence-corrected chi connectivity index (χ0v) is 19.5. The number of allylic oxidation sites excluding steroid dienone is 1. The van der Waals surface area contributed by atoms with E-state index in [9.17, 15) is 5.11 Å². The van der Waals surface area contributed by atoms with E-state index in [-0.39, 0.29) is 0 Å². The molecule has 0 amide bonds. The lowest BCUT2D eigenvalue weighted by Gasteiger charge is -2.36. The van der Waals surface area contributed by atoms with Gasteiger partial charge in [0.1, 0.15) is 0 Å². The highest BCUT2D eigenvalue weighted by Gasteiger charge is 2.36. The van der Waals surface area contributed by atoms with E-state index in [1.165, 1.54) is 66.6 Å². The van der Waals surface area contributed by atoms with E-state index in [1.807, 2.05) is 0 Å². The molecule has 1 unspecified atom stereocenters. The molecule has 0 aliphatic heterocycles. The van der Waals surface area contributed by atoms with Crippen LogP contribution in [0.5, 0.6) is 0 Å². The van der Waals surface area contributed by atoms with Crippen molar-refractivity contribution in [2.75, 3.05) is 0 Å². The monoisotopic (exact) mass is 406 g/mol. The summed E-state index contributed by atoms with van der Waals surface area (Å²) in [6, 6.07) is 22.8. The van der Waals surface area contributed by atoms with E-state index in [0.717, 1.165) is 5.56 Å². The molecule has 2 aromatic rings. The first-order valence-corrected chi connectivity index (χ1v) is 14.3. The first-order chi connectivity index (χ1) is 14.1. The number of rotatable bonds is 8. The number of hydrogen-bond donors (Lipinski definition) is 1. The molecule has 1 N–H and O–H groups in total. The quantitative estimate of drug-likeness (QED) is 0.441. The number of hydrogen-bond acceptors (Lipinski definition) is 1. The van der Waals surface area contributed by atoms with Crippen LogP contribution >= 0.6 is 0 Å². The first-order valence-electron chi connectivity index (χ1n) is 11.7. The van der Waals surface area contributed by atoms with Crippen molar-refractivity contribution in [2.45, 2.75) is 77.1 Å². The van der Waals surface area contributed by atoms with Crippen LogP contribution in [0.4, 0.5) is 0 Å². The van der Waals surface area contributed by atoms with Gasteiger partial charge < -0.3 is 5.11 Å². The summed E-state index contributed by atoms with van der Waals surface area (Å²) >= 11 is 0. The van der Waals surface area contributed by atoms with Crippen molar-refractivity contribution in [3.8, 4) is 11.1 Å². The van der Waals surface area contributed by atoms with Crippen LogP contribution in [0.25, 0.3) is 11.1 Å². The van der Waals surface area contributed by atoms with E-state index in [2.05, 4.69) is 81.4 Å². The highest BCUT2D eigenvalue weighted by molar-refractivity contribution is 6.86. The molecule has 2 aromatic carbocycles. The van der Waals surface area contributed by atoms with Crippen molar-refractivity contribution in [3.63, 3.8) is 0 Å². The average molecular weight is 407 g/mol. The van der Waals surface area contributed by atoms with Crippen LogP contribution in [0.2, 0.25) is 18.1 Å². The fraction of sp³-hybridized carbons (Fsp3) is 0.481. The summed E-state index contributed by atoms with van der Waals surface area (Å²) < 4.78 is 0. The Bertz CT molecular complexity index is 760. The van der Waals surface area contributed by atoms with Crippen molar-refractivity contribution in [3.05, 3.63) is 71.4 Å². The molecule has 2 heteroatoms. The van der Waals surface area contributed by atoms with Gasteiger partial charge in [-0.05, 0) is 35.4 Å². The molecule has 0 heterocycles. The highest BCUT2D eigenvalue weighted by Crippen LogP contribution is 2.39. The molecule has 1 atom stereocenters. The van der Waals surface area contributed by atoms with Gasteiger partial charge in [0.25, 0.3) is 0 Å². The van der Waals surface area contributed by atoms with Crippen LogP contribution in [-0.4, -0.2) is 13.2 Å². The molecule has 156 valence electrons. The van der Waals surface area contributed by atoms with Crippen LogP contribution in [0.15, 0.2) is 65.9 Å². The highest BCUT2D eigenvalue weighted by atomic mass is 28.3. The van der Waals surface area contributed by atoms with E-state index < -0.39 is 14.2 Å². The van der Waals surface area contributed by atoms with Crippen LogP contribution in [-0.2, 0) is 0 Å². The number of benzene rings is 2. The van der Waals surface area contributed by atoms with Gasteiger partial charge in [0.05, 0.1) is 14.2 Å². The Hall–Kier alpha value is -1.64. The summed E-state index contributed by atoms with van der Waals surface area (Å²) in [7, 11) is -1.64. The Morgan fingerprint density at radius 2 is 1.41 bits per heavy atom. The minimum Gasteiger partial charge on any atom is -0.384 e. The topological polar surface area (TPSA) is 20.2 Å². The van der Waals surface area contributed by atoms with Crippen molar-refractivity contribution >= 4 is 8.07 Å². The summed E-state index contributed by atoms with van der Waals surface area (Å²) in [5.74, 6) is 0.661. The van der Waals surface area contributed by atoms with E-state index in [1.54, 1.807) is 0 Å². The summed E-state index contributed by atoms with van der Waals surface area (Å²) in [5.41, 5.74) is 3.49. The summed E-state index contributed by atoms with van der Waals surface area (Å²) in [6.45, 7) is 7.04. The predicted molar refractivity (Wildman–Crippen MR) is 129 cm³/mol. The van der Waals surface area contributed by atoms with Gasteiger partial charge in [-0.15, -0.1) is 0 Å². The van der Waals surface area contributed by atoms with Crippen molar-refractivity contribution in [1.29, 1.82) is 0 Å².